The van der Waals surface area contributed by atoms with Gasteiger partial charge in [-0.3, -0.25) is 19.2 Å². The van der Waals surface area contributed by atoms with Crippen LogP contribution in [0.25, 0.3) is 0 Å². The van der Waals surface area contributed by atoms with Crippen molar-refractivity contribution in [2.75, 3.05) is 6.26 Å². The van der Waals surface area contributed by atoms with Crippen LogP contribution >= 0.6 is 0 Å². The lowest BCUT2D eigenvalue weighted by Gasteiger charge is -2.54. The van der Waals surface area contributed by atoms with Gasteiger partial charge in [0, 0.05) is 18.1 Å². The molecule has 1 aromatic rings. The van der Waals surface area contributed by atoms with Gasteiger partial charge in [-0.05, 0) is 73.1 Å². The number of hydrogen-bond acceptors (Lipinski definition) is 10. The topological polar surface area (TPSA) is 139 Å². The van der Waals surface area contributed by atoms with E-state index in [9.17, 15) is 27.6 Å². The van der Waals surface area contributed by atoms with E-state index in [2.05, 4.69) is 0 Å². The first kappa shape index (κ1) is 29.0. The number of benzene rings is 1. The third-order valence-electron chi connectivity index (χ3n) is 10.8. The summed E-state index contributed by atoms with van der Waals surface area (Å²) in [6.45, 7) is 7.49. The molecule has 3 heterocycles. The molecule has 10 nitrogen and oxygen atoms in total. The van der Waals surface area contributed by atoms with E-state index in [0.29, 0.717) is 36.3 Å². The van der Waals surface area contributed by atoms with Gasteiger partial charge < -0.3 is 18.9 Å². The molecule has 8 atom stereocenters. The Kier molecular flexibility index (Phi) is 6.47. The quantitative estimate of drug-likeness (QED) is 0.331. The molecule has 0 amide bonds. The second-order valence-electron chi connectivity index (χ2n) is 14.3. The van der Waals surface area contributed by atoms with Gasteiger partial charge >= 0.3 is 17.9 Å². The predicted molar refractivity (Wildman–Crippen MR) is 150 cm³/mol. The maximum atomic E-state index is 13.8. The molecular formula is C32H38O10S. The number of Topliss-reactive ketones (excluding diaryl/α,β-unsaturated/α-hetero) is 1. The SMILES string of the molecule is CC(C)c1cc(OC(=O)C2C3OC4C(OC(=O)C42)C3OC(=O)C23CC4CC(C2)C(=O)C(C4)C3)cc(C(C)C)c1S(C)(=O)=O. The molecule has 6 bridgehead atoms. The lowest BCUT2D eigenvalue weighted by atomic mass is 9.49. The highest BCUT2D eigenvalue weighted by Gasteiger charge is 2.72. The number of rotatable bonds is 7. The number of ketones is 1. The molecule has 7 fully saturated rings. The van der Waals surface area contributed by atoms with Crippen molar-refractivity contribution >= 4 is 33.5 Å². The maximum Gasteiger partial charge on any atom is 0.318 e. The van der Waals surface area contributed by atoms with Crippen LogP contribution in [-0.4, -0.2) is 62.8 Å². The molecule has 1 aromatic carbocycles. The highest BCUT2D eigenvalue weighted by molar-refractivity contribution is 7.90. The largest absolute Gasteiger partial charge is 0.455 e. The van der Waals surface area contributed by atoms with Gasteiger partial charge in [0.2, 0.25) is 0 Å². The van der Waals surface area contributed by atoms with Crippen molar-refractivity contribution in [1.29, 1.82) is 0 Å². The summed E-state index contributed by atoms with van der Waals surface area (Å²) >= 11 is 0. The van der Waals surface area contributed by atoms with E-state index in [0.717, 1.165) is 12.8 Å². The Bertz CT molecular complexity index is 1500. The van der Waals surface area contributed by atoms with Crippen LogP contribution in [0.1, 0.15) is 82.8 Å². The summed E-state index contributed by atoms with van der Waals surface area (Å²) in [7, 11) is -3.56. The van der Waals surface area contributed by atoms with Crippen molar-refractivity contribution in [3.05, 3.63) is 23.3 Å². The van der Waals surface area contributed by atoms with Gasteiger partial charge in [-0.1, -0.05) is 27.7 Å². The number of ether oxygens (including phenoxy) is 4. The van der Waals surface area contributed by atoms with Gasteiger partial charge in [0.1, 0.15) is 35.6 Å². The van der Waals surface area contributed by atoms with E-state index in [1.807, 2.05) is 27.7 Å². The zero-order valence-electron chi connectivity index (χ0n) is 25.0. The van der Waals surface area contributed by atoms with Crippen molar-refractivity contribution in [1.82, 2.24) is 0 Å². The fourth-order valence-corrected chi connectivity index (χ4v) is 10.6. The lowest BCUT2D eigenvalue weighted by molar-refractivity contribution is -0.186. The second kappa shape index (κ2) is 9.60. The Balaban J connectivity index is 1.15. The molecule has 8 rings (SSSR count). The third kappa shape index (κ3) is 4.31. The fraction of sp³-hybridized carbons (Fsp3) is 0.688. The number of fused-ring (bicyclic) bond motifs is 1. The normalized spacial score (nSPS) is 38.7. The average Bonchev–Trinajstić information content (AvgIpc) is 3.54. The molecular weight excluding hydrogens is 576 g/mol. The minimum absolute atomic E-state index is 0.105. The molecule has 232 valence electrons. The number of esters is 3. The van der Waals surface area contributed by atoms with Crippen LogP contribution < -0.4 is 4.74 Å². The van der Waals surface area contributed by atoms with Crippen molar-refractivity contribution in [2.45, 2.75) is 101 Å². The van der Waals surface area contributed by atoms with Crippen molar-refractivity contribution in [2.24, 2.45) is 35.0 Å². The van der Waals surface area contributed by atoms with Gasteiger partial charge in [-0.15, -0.1) is 0 Å². The van der Waals surface area contributed by atoms with Crippen LogP contribution in [0.4, 0.5) is 0 Å². The molecule has 43 heavy (non-hydrogen) atoms. The molecule has 7 aliphatic rings. The summed E-state index contributed by atoms with van der Waals surface area (Å²) in [5.41, 5.74) is 0.357. The Morgan fingerprint density at radius 1 is 0.930 bits per heavy atom. The van der Waals surface area contributed by atoms with Crippen LogP contribution in [0.2, 0.25) is 0 Å². The van der Waals surface area contributed by atoms with Crippen molar-refractivity contribution in [3.8, 4) is 5.75 Å². The van der Waals surface area contributed by atoms with E-state index >= 15 is 0 Å². The number of carbonyl (C=O) groups excluding carboxylic acids is 4. The minimum atomic E-state index is -3.56. The molecule has 0 aromatic heterocycles. The molecule has 4 saturated carbocycles. The number of hydrogen-bond donors (Lipinski definition) is 0. The average molecular weight is 615 g/mol. The van der Waals surface area contributed by atoms with Gasteiger partial charge in [-0.25, -0.2) is 8.42 Å². The van der Waals surface area contributed by atoms with Crippen LogP contribution in [0.5, 0.6) is 5.75 Å². The Labute approximate surface area is 251 Å². The van der Waals surface area contributed by atoms with E-state index in [4.69, 9.17) is 18.9 Å². The van der Waals surface area contributed by atoms with Crippen molar-refractivity contribution < 1.29 is 46.5 Å². The lowest BCUT2D eigenvalue weighted by Crippen LogP contribution is -2.56. The molecule has 11 heteroatoms. The zero-order chi connectivity index (χ0) is 30.7. The number of carbonyl (C=O) groups is 4. The first-order valence-corrected chi connectivity index (χ1v) is 17.3. The van der Waals surface area contributed by atoms with Gasteiger partial charge in [-0.2, -0.15) is 0 Å². The molecule has 0 radical (unpaired) electrons. The van der Waals surface area contributed by atoms with Crippen LogP contribution in [0.3, 0.4) is 0 Å². The predicted octanol–water partition coefficient (Wildman–Crippen LogP) is 3.49. The summed E-state index contributed by atoms with van der Waals surface area (Å²) in [6, 6.07) is 3.14. The molecule has 3 saturated heterocycles. The standard InChI is InChI=1S/C32H38O10S/c1-13(2)19-8-18(9-20(14(3)4)28(19)43(5,37)38)39-29(34)21-22-24-26(41-30(22)35)27(25(21)40-24)42-31(36)32-10-15-6-16(11-32)23(33)17(7-15)12-32/h8-9,13-17,21-22,24-27H,6-7,10-12H2,1-5H3. The van der Waals surface area contributed by atoms with E-state index in [-0.39, 0.29) is 40.1 Å². The zero-order valence-corrected chi connectivity index (χ0v) is 25.8. The highest BCUT2D eigenvalue weighted by Crippen LogP contribution is 2.60. The Morgan fingerprint density at radius 2 is 1.53 bits per heavy atom. The molecule has 4 aliphatic carbocycles. The molecule has 0 spiro atoms. The summed E-state index contributed by atoms with van der Waals surface area (Å²) in [4.78, 5) is 53.4. The van der Waals surface area contributed by atoms with Gasteiger partial charge in [0.25, 0.3) is 0 Å². The molecule has 0 N–H and O–H groups in total. The van der Waals surface area contributed by atoms with Crippen LogP contribution in [0, 0.1) is 35.0 Å². The smallest absolute Gasteiger partial charge is 0.318 e. The monoisotopic (exact) mass is 614 g/mol. The van der Waals surface area contributed by atoms with E-state index in [1.165, 1.54) is 6.26 Å². The van der Waals surface area contributed by atoms with Crippen molar-refractivity contribution in [3.63, 3.8) is 0 Å². The Hall–Kier alpha value is -2.79. The van der Waals surface area contributed by atoms with Gasteiger partial charge in [0.05, 0.1) is 10.3 Å². The number of sulfone groups is 1. The minimum Gasteiger partial charge on any atom is -0.455 e. The van der Waals surface area contributed by atoms with E-state index in [1.54, 1.807) is 12.1 Å². The summed E-state index contributed by atoms with van der Waals surface area (Å²) in [5, 5.41) is 0. The maximum absolute atomic E-state index is 13.8. The molecule has 3 aliphatic heterocycles. The van der Waals surface area contributed by atoms with Gasteiger partial charge in [0.15, 0.2) is 22.0 Å². The first-order valence-electron chi connectivity index (χ1n) is 15.4. The van der Waals surface area contributed by atoms with Crippen LogP contribution in [0.15, 0.2) is 17.0 Å². The first-order chi connectivity index (χ1) is 20.2. The summed E-state index contributed by atoms with van der Waals surface area (Å²) < 4.78 is 49.1. The highest BCUT2D eigenvalue weighted by atomic mass is 32.2. The Morgan fingerprint density at radius 3 is 2.09 bits per heavy atom. The van der Waals surface area contributed by atoms with E-state index < -0.39 is 69.4 Å². The second-order valence-corrected chi connectivity index (χ2v) is 16.3. The van der Waals surface area contributed by atoms with Crippen LogP contribution in [-0.2, 0) is 43.2 Å². The summed E-state index contributed by atoms with van der Waals surface area (Å²) in [5.74, 6) is -3.38. The summed E-state index contributed by atoms with van der Waals surface area (Å²) in [6.07, 6.45) is 1.11. The third-order valence-corrected chi connectivity index (χ3v) is 12.0. The fourth-order valence-electron chi connectivity index (χ4n) is 9.16. The molecule has 8 unspecified atom stereocenters.